The van der Waals surface area contributed by atoms with Crippen LogP contribution in [-0.4, -0.2) is 37.6 Å². The van der Waals surface area contributed by atoms with Crippen LogP contribution < -0.4 is 4.74 Å². The average Bonchev–Trinajstić information content (AvgIpc) is 3.62. The quantitative estimate of drug-likeness (QED) is 0.129. The van der Waals surface area contributed by atoms with E-state index >= 15 is 0 Å². The van der Waals surface area contributed by atoms with Crippen molar-refractivity contribution in [2.24, 2.45) is 0 Å². The molecule has 0 aliphatic carbocycles. The molecule has 0 radical (unpaired) electrons. The van der Waals surface area contributed by atoms with E-state index in [9.17, 15) is 0 Å². The van der Waals surface area contributed by atoms with Crippen molar-refractivity contribution < 1.29 is 24.0 Å². The van der Waals surface area contributed by atoms with E-state index in [1.807, 2.05) is 12.1 Å². The Balaban J connectivity index is 0.965. The SMILES string of the molecule is CCCc1ccc(-c2ccc(COOC3COC4C(Oc5ccc(-c6ccc(CCC)cc6)cc5)COC34)cc2)cc1. The van der Waals surface area contributed by atoms with Gasteiger partial charge in [-0.05, 0) is 63.9 Å². The molecule has 5 heteroatoms. The summed E-state index contributed by atoms with van der Waals surface area (Å²) in [7, 11) is 0. The van der Waals surface area contributed by atoms with E-state index in [0.29, 0.717) is 19.8 Å². The maximum atomic E-state index is 6.27. The lowest BCUT2D eigenvalue weighted by Gasteiger charge is -2.18. The third kappa shape index (κ3) is 6.77. The van der Waals surface area contributed by atoms with Crippen LogP contribution in [0.25, 0.3) is 22.3 Å². The fourth-order valence-corrected chi connectivity index (χ4v) is 5.80. The number of ether oxygens (including phenoxy) is 3. The van der Waals surface area contributed by atoms with Crippen LogP contribution in [0.5, 0.6) is 5.75 Å². The molecule has 4 aromatic carbocycles. The standard InChI is InChI=1S/C37H40O5/c1-3-5-26-7-13-29(14-8-26)31-17-11-28(12-18-31)23-40-42-35-25-39-36-34(24-38-37(35)36)41-33-21-19-32(20-22-33)30-15-9-27(6-4-2)10-16-30/h7-22,34-37H,3-6,23-25H2,1-2H3. The first kappa shape index (κ1) is 28.6. The summed E-state index contributed by atoms with van der Waals surface area (Å²) in [5, 5.41) is 0. The number of benzene rings is 4. The monoisotopic (exact) mass is 564 g/mol. The number of hydrogen-bond acceptors (Lipinski definition) is 5. The molecule has 218 valence electrons. The van der Waals surface area contributed by atoms with Crippen molar-refractivity contribution in [3.8, 4) is 28.0 Å². The zero-order valence-electron chi connectivity index (χ0n) is 24.5. The van der Waals surface area contributed by atoms with Crippen LogP contribution in [0.3, 0.4) is 0 Å². The molecule has 42 heavy (non-hydrogen) atoms. The molecule has 2 saturated heterocycles. The molecule has 0 spiro atoms. The van der Waals surface area contributed by atoms with Crippen molar-refractivity contribution >= 4 is 0 Å². The molecule has 4 atom stereocenters. The highest BCUT2D eigenvalue weighted by atomic mass is 17.2. The van der Waals surface area contributed by atoms with Crippen LogP contribution in [0, 0.1) is 0 Å². The van der Waals surface area contributed by atoms with Crippen molar-refractivity contribution in [2.45, 2.75) is 70.6 Å². The Kier molecular flexibility index (Phi) is 9.31. The Labute approximate surface area is 249 Å². The van der Waals surface area contributed by atoms with Crippen molar-refractivity contribution in [2.75, 3.05) is 13.2 Å². The minimum Gasteiger partial charge on any atom is -0.485 e. The number of hydrogen-bond donors (Lipinski definition) is 0. The number of aryl methyl sites for hydroxylation is 2. The van der Waals surface area contributed by atoms with Gasteiger partial charge in [0.05, 0.1) is 13.2 Å². The van der Waals surface area contributed by atoms with Crippen molar-refractivity contribution in [3.05, 3.63) is 114 Å². The first-order valence-electron chi connectivity index (χ1n) is 15.3. The molecule has 2 heterocycles. The fraction of sp³-hybridized carbons (Fsp3) is 0.351. The highest BCUT2D eigenvalue weighted by molar-refractivity contribution is 5.65. The van der Waals surface area contributed by atoms with E-state index in [4.69, 9.17) is 24.0 Å². The van der Waals surface area contributed by atoms with E-state index in [1.54, 1.807) is 0 Å². The van der Waals surface area contributed by atoms with E-state index in [0.717, 1.165) is 37.0 Å². The maximum absolute atomic E-state index is 6.27. The van der Waals surface area contributed by atoms with Gasteiger partial charge in [-0.15, -0.1) is 0 Å². The largest absolute Gasteiger partial charge is 0.485 e. The first-order valence-corrected chi connectivity index (χ1v) is 15.3. The molecule has 0 bridgehead atoms. The lowest BCUT2D eigenvalue weighted by molar-refractivity contribution is -0.341. The fourth-order valence-electron chi connectivity index (χ4n) is 5.80. The molecule has 2 aliphatic heterocycles. The van der Waals surface area contributed by atoms with E-state index < -0.39 is 0 Å². The average molecular weight is 565 g/mol. The molecule has 0 N–H and O–H groups in total. The predicted octanol–water partition coefficient (Wildman–Crippen LogP) is 7.99. The summed E-state index contributed by atoms with van der Waals surface area (Å²) in [5.41, 5.74) is 8.59. The Bertz CT molecular complexity index is 1400. The number of fused-ring (bicyclic) bond motifs is 1. The lowest BCUT2D eigenvalue weighted by atomic mass is 10.0. The molecular formula is C37H40O5. The van der Waals surface area contributed by atoms with Gasteiger partial charge in [0.2, 0.25) is 0 Å². The zero-order valence-corrected chi connectivity index (χ0v) is 24.5. The van der Waals surface area contributed by atoms with Crippen molar-refractivity contribution in [1.29, 1.82) is 0 Å². The Morgan fingerprint density at radius 3 is 1.48 bits per heavy atom. The van der Waals surface area contributed by atoms with Gasteiger partial charge in [-0.1, -0.05) is 112 Å². The van der Waals surface area contributed by atoms with E-state index in [-0.39, 0.29) is 24.4 Å². The van der Waals surface area contributed by atoms with Crippen molar-refractivity contribution in [1.82, 2.24) is 0 Å². The summed E-state index contributed by atoms with van der Waals surface area (Å²) in [6.45, 7) is 5.64. The van der Waals surface area contributed by atoms with Crippen molar-refractivity contribution in [3.63, 3.8) is 0 Å². The second kappa shape index (κ2) is 13.7. The minimum atomic E-state index is -0.289. The predicted molar refractivity (Wildman–Crippen MR) is 165 cm³/mol. The zero-order chi connectivity index (χ0) is 28.7. The Morgan fingerprint density at radius 2 is 0.976 bits per heavy atom. The van der Waals surface area contributed by atoms with Gasteiger partial charge in [0, 0.05) is 0 Å². The van der Waals surface area contributed by atoms with Gasteiger partial charge in [0.15, 0.2) is 6.10 Å². The van der Waals surface area contributed by atoms with Gasteiger partial charge >= 0.3 is 0 Å². The highest BCUT2D eigenvalue weighted by Gasteiger charge is 2.50. The van der Waals surface area contributed by atoms with Gasteiger partial charge in [0.1, 0.15) is 30.7 Å². The number of rotatable bonds is 12. The molecule has 4 unspecified atom stereocenters. The Hall–Kier alpha value is -3.48. The van der Waals surface area contributed by atoms with Gasteiger partial charge in [-0.3, -0.25) is 0 Å². The summed E-state index contributed by atoms with van der Waals surface area (Å²) < 4.78 is 18.3. The van der Waals surface area contributed by atoms with Crippen LogP contribution >= 0.6 is 0 Å². The molecule has 0 aromatic heterocycles. The van der Waals surface area contributed by atoms with Crippen LogP contribution in [0.1, 0.15) is 43.4 Å². The summed E-state index contributed by atoms with van der Waals surface area (Å²) in [6, 6.07) is 34.2. The molecule has 0 saturated carbocycles. The highest BCUT2D eigenvalue weighted by Crippen LogP contribution is 2.32. The summed E-state index contributed by atoms with van der Waals surface area (Å²) in [5.74, 6) is 0.806. The normalized spacial score (nSPS) is 21.4. The molecule has 5 nitrogen and oxygen atoms in total. The molecular weight excluding hydrogens is 524 g/mol. The molecule has 6 rings (SSSR count). The third-order valence-corrected chi connectivity index (χ3v) is 8.13. The molecule has 4 aromatic rings. The smallest absolute Gasteiger partial charge is 0.151 e. The summed E-state index contributed by atoms with van der Waals surface area (Å²) in [4.78, 5) is 11.4. The second-order valence-electron chi connectivity index (χ2n) is 11.3. The van der Waals surface area contributed by atoms with Crippen LogP contribution in [0.4, 0.5) is 0 Å². The van der Waals surface area contributed by atoms with Gasteiger partial charge in [-0.2, -0.15) is 0 Å². The van der Waals surface area contributed by atoms with Crippen LogP contribution in [0.2, 0.25) is 0 Å². The molecule has 2 aliphatic rings. The van der Waals surface area contributed by atoms with Gasteiger partial charge in [-0.25, -0.2) is 9.78 Å². The second-order valence-corrected chi connectivity index (χ2v) is 11.3. The van der Waals surface area contributed by atoms with Crippen LogP contribution in [0.15, 0.2) is 97.1 Å². The van der Waals surface area contributed by atoms with Gasteiger partial charge in [0.25, 0.3) is 0 Å². The summed E-state index contributed by atoms with van der Waals surface area (Å²) >= 11 is 0. The maximum Gasteiger partial charge on any atom is 0.151 e. The molecule has 2 fully saturated rings. The van der Waals surface area contributed by atoms with E-state index in [2.05, 4.69) is 98.8 Å². The first-order chi connectivity index (χ1) is 20.7. The summed E-state index contributed by atoms with van der Waals surface area (Å²) in [6.07, 6.45) is 3.67. The lowest BCUT2D eigenvalue weighted by Crippen LogP contribution is -2.35. The van der Waals surface area contributed by atoms with Crippen LogP contribution in [-0.2, 0) is 38.7 Å². The Morgan fingerprint density at radius 1 is 0.548 bits per heavy atom. The van der Waals surface area contributed by atoms with Gasteiger partial charge < -0.3 is 14.2 Å². The molecule has 0 amide bonds. The van der Waals surface area contributed by atoms with E-state index in [1.165, 1.54) is 33.4 Å². The minimum absolute atomic E-state index is 0.188. The third-order valence-electron chi connectivity index (χ3n) is 8.13. The topological polar surface area (TPSA) is 46.2 Å².